The number of hydrogen-bond donors (Lipinski definition) is 1. The van der Waals surface area contributed by atoms with E-state index in [9.17, 15) is 19.5 Å². The maximum Gasteiger partial charge on any atom is 0.361 e. The average Bonchev–Trinajstić information content (AvgIpc) is 3.54. The van der Waals surface area contributed by atoms with E-state index in [2.05, 4.69) is 74.6 Å². The van der Waals surface area contributed by atoms with Gasteiger partial charge >= 0.3 is 17.9 Å². The van der Waals surface area contributed by atoms with E-state index in [1.165, 1.54) is 270 Å². The molecule has 0 aromatic heterocycles. The van der Waals surface area contributed by atoms with Crippen LogP contribution in [0.1, 0.15) is 367 Å². The van der Waals surface area contributed by atoms with E-state index in [0.29, 0.717) is 17.4 Å². The fourth-order valence-electron chi connectivity index (χ4n) is 11.3. The monoisotopic (exact) mass is 1240 g/mol. The van der Waals surface area contributed by atoms with E-state index < -0.39 is 24.3 Å². The standard InChI is InChI=1S/C79H145NO8/c1-6-8-10-12-14-16-18-20-22-24-26-28-30-32-34-36-37-38-39-40-42-43-45-47-49-51-53-55-57-59-61-63-65-67-69-76(81)86-73-75(74-87-79(78(83)84)85-72-71-80(3,4)5)88-77(82)70-68-66-64-62-60-58-56-54-52-50-48-46-44-41-35-33-31-29-27-25-23-21-19-17-15-13-11-9-7-2/h9,11,15,17,21,23,27,29,33,35,75,79H,6-8,10,12-14,16,18-20,22,24-26,28,30-32,34,36-74H2,1-5H3/p+1/b11-9-,17-15-,23-21-,29-27-,35-33-. The molecule has 0 aliphatic carbocycles. The molecule has 0 bridgehead atoms. The minimum absolute atomic E-state index is 0.179. The van der Waals surface area contributed by atoms with E-state index >= 15 is 0 Å². The predicted molar refractivity (Wildman–Crippen MR) is 378 cm³/mol. The Morgan fingerprint density at radius 1 is 0.352 bits per heavy atom. The van der Waals surface area contributed by atoms with Crippen molar-refractivity contribution in [3.8, 4) is 0 Å². The molecular weight excluding hydrogens is 1090 g/mol. The van der Waals surface area contributed by atoms with Gasteiger partial charge in [0.2, 0.25) is 0 Å². The van der Waals surface area contributed by atoms with Crippen LogP contribution in [0, 0.1) is 0 Å². The molecular formula is C79H146NO8+. The molecule has 0 heterocycles. The SMILES string of the molecule is CC/C=C\C/C=C\C/C=C\C/C=C\C/C=C\CCCCCCCCCCCCCCCC(=O)OC(COC(=O)CCCCCCCCCCCCCCCCCCCCCCCCCCCCCCCCCCCC)COC(OCC[N+](C)(C)C)C(=O)O. The topological polar surface area (TPSA) is 108 Å². The van der Waals surface area contributed by atoms with Gasteiger partial charge < -0.3 is 28.5 Å². The summed E-state index contributed by atoms with van der Waals surface area (Å²) in [6.45, 7) is 4.83. The fraction of sp³-hybridized carbons (Fsp3) is 0.835. The van der Waals surface area contributed by atoms with Crippen molar-refractivity contribution in [1.29, 1.82) is 0 Å². The summed E-state index contributed by atoms with van der Waals surface area (Å²) in [5.41, 5.74) is 0. The van der Waals surface area contributed by atoms with E-state index in [1.807, 2.05) is 21.1 Å². The number of rotatable bonds is 71. The zero-order valence-electron chi connectivity index (χ0n) is 58.9. The van der Waals surface area contributed by atoms with Crippen LogP contribution in [-0.4, -0.2) is 87.4 Å². The van der Waals surface area contributed by atoms with Crippen molar-refractivity contribution in [3.05, 3.63) is 60.8 Å². The van der Waals surface area contributed by atoms with Gasteiger partial charge in [-0.25, -0.2) is 4.79 Å². The van der Waals surface area contributed by atoms with Gasteiger partial charge in [0.05, 0.1) is 34.4 Å². The molecule has 514 valence electrons. The minimum Gasteiger partial charge on any atom is -0.477 e. The molecule has 0 saturated carbocycles. The Labute approximate surface area is 545 Å². The van der Waals surface area contributed by atoms with Gasteiger partial charge in [-0.2, -0.15) is 0 Å². The lowest BCUT2D eigenvalue weighted by atomic mass is 10.0. The summed E-state index contributed by atoms with van der Waals surface area (Å²) in [5, 5.41) is 9.76. The zero-order valence-corrected chi connectivity index (χ0v) is 58.9. The first-order chi connectivity index (χ1) is 43.1. The lowest BCUT2D eigenvalue weighted by Gasteiger charge is -2.25. The van der Waals surface area contributed by atoms with Crippen LogP contribution >= 0.6 is 0 Å². The molecule has 0 spiro atoms. The molecule has 0 aliphatic rings. The molecule has 0 aliphatic heterocycles. The molecule has 0 rings (SSSR count). The number of hydrogen-bond acceptors (Lipinski definition) is 7. The van der Waals surface area contributed by atoms with Crippen molar-refractivity contribution in [2.45, 2.75) is 379 Å². The number of aliphatic carboxylic acids is 1. The second-order valence-electron chi connectivity index (χ2n) is 26.9. The summed E-state index contributed by atoms with van der Waals surface area (Å²) in [7, 11) is 5.99. The number of allylic oxidation sites excluding steroid dienone is 10. The number of nitrogens with zero attached hydrogens (tertiary/aromatic N) is 1. The molecule has 0 radical (unpaired) electrons. The van der Waals surface area contributed by atoms with Gasteiger partial charge in [0.15, 0.2) is 6.10 Å². The van der Waals surface area contributed by atoms with Gasteiger partial charge in [0, 0.05) is 12.8 Å². The average molecular weight is 1240 g/mol. The second kappa shape index (κ2) is 69.9. The molecule has 0 saturated heterocycles. The summed E-state index contributed by atoms with van der Waals surface area (Å²) in [4.78, 5) is 37.7. The van der Waals surface area contributed by atoms with Crippen LogP contribution in [0.3, 0.4) is 0 Å². The molecule has 0 aromatic rings. The normalized spacial score (nSPS) is 13.0. The highest BCUT2D eigenvalue weighted by Crippen LogP contribution is 2.19. The van der Waals surface area contributed by atoms with Gasteiger partial charge in [-0.05, 0) is 57.8 Å². The first-order valence-electron chi connectivity index (χ1n) is 38.0. The lowest BCUT2D eigenvalue weighted by molar-refractivity contribution is -0.870. The van der Waals surface area contributed by atoms with Crippen LogP contribution in [0.25, 0.3) is 0 Å². The van der Waals surface area contributed by atoms with Crippen molar-refractivity contribution in [2.24, 2.45) is 0 Å². The summed E-state index contributed by atoms with van der Waals surface area (Å²) in [5.74, 6) is -1.98. The van der Waals surface area contributed by atoms with Gasteiger partial charge in [-0.1, -0.05) is 357 Å². The smallest absolute Gasteiger partial charge is 0.361 e. The van der Waals surface area contributed by atoms with Crippen molar-refractivity contribution >= 4 is 17.9 Å². The van der Waals surface area contributed by atoms with Crippen molar-refractivity contribution in [3.63, 3.8) is 0 Å². The molecule has 9 nitrogen and oxygen atoms in total. The van der Waals surface area contributed by atoms with Crippen LogP contribution < -0.4 is 0 Å². The van der Waals surface area contributed by atoms with Crippen molar-refractivity contribution in [1.82, 2.24) is 0 Å². The van der Waals surface area contributed by atoms with Gasteiger partial charge in [-0.3, -0.25) is 9.59 Å². The Morgan fingerprint density at radius 3 is 0.966 bits per heavy atom. The number of esters is 2. The molecule has 1 N–H and O–H groups in total. The van der Waals surface area contributed by atoms with Crippen LogP contribution in [0.5, 0.6) is 0 Å². The minimum atomic E-state index is -1.51. The number of carbonyl (C=O) groups excluding carboxylic acids is 2. The number of unbranched alkanes of at least 4 members (excludes halogenated alkanes) is 46. The first kappa shape index (κ1) is 85.0. The third-order valence-electron chi connectivity index (χ3n) is 17.0. The fourth-order valence-corrected chi connectivity index (χ4v) is 11.3. The zero-order chi connectivity index (χ0) is 64.0. The molecule has 0 aromatic carbocycles. The Hall–Kier alpha value is -3.01. The highest BCUT2D eigenvalue weighted by atomic mass is 16.7. The third kappa shape index (κ3) is 70.4. The summed E-state index contributed by atoms with van der Waals surface area (Å²) in [6, 6.07) is 0. The molecule has 88 heavy (non-hydrogen) atoms. The quantitative estimate of drug-likeness (QED) is 0.0211. The highest BCUT2D eigenvalue weighted by molar-refractivity contribution is 5.71. The Kier molecular flexibility index (Phi) is 67.5. The number of quaternary nitrogens is 1. The molecule has 0 amide bonds. The van der Waals surface area contributed by atoms with Gasteiger partial charge in [-0.15, -0.1) is 0 Å². The third-order valence-corrected chi connectivity index (χ3v) is 17.0. The summed E-state index contributed by atoms with van der Waals surface area (Å²) in [6.07, 6.45) is 89.4. The van der Waals surface area contributed by atoms with Crippen molar-refractivity contribution < 1.29 is 42.9 Å². The maximum absolute atomic E-state index is 13.0. The van der Waals surface area contributed by atoms with Gasteiger partial charge in [0.25, 0.3) is 6.29 Å². The molecule has 0 fully saturated rings. The summed E-state index contributed by atoms with van der Waals surface area (Å²) >= 11 is 0. The lowest BCUT2D eigenvalue weighted by Crippen LogP contribution is -2.40. The van der Waals surface area contributed by atoms with Crippen LogP contribution in [0.4, 0.5) is 0 Å². The second-order valence-corrected chi connectivity index (χ2v) is 26.9. The number of likely N-dealkylation sites (N-methyl/N-ethyl adjacent to an activating group) is 1. The predicted octanol–water partition coefficient (Wildman–Crippen LogP) is 23.9. The number of carboxylic acid groups (broad SMARTS) is 1. The van der Waals surface area contributed by atoms with Crippen LogP contribution in [0.2, 0.25) is 0 Å². The Bertz CT molecular complexity index is 1630. The van der Waals surface area contributed by atoms with E-state index in [4.69, 9.17) is 18.9 Å². The first-order valence-corrected chi connectivity index (χ1v) is 38.0. The number of carbonyl (C=O) groups is 3. The highest BCUT2D eigenvalue weighted by Gasteiger charge is 2.25. The van der Waals surface area contributed by atoms with E-state index in [0.717, 1.165) is 70.6 Å². The van der Waals surface area contributed by atoms with E-state index in [-0.39, 0.29) is 32.2 Å². The maximum atomic E-state index is 13.0. The largest absolute Gasteiger partial charge is 0.477 e. The Morgan fingerprint density at radius 2 is 0.648 bits per heavy atom. The van der Waals surface area contributed by atoms with E-state index in [1.54, 1.807) is 0 Å². The summed E-state index contributed by atoms with van der Waals surface area (Å²) < 4.78 is 23.0. The number of carboxylic acids is 1. The molecule has 2 unspecified atom stereocenters. The van der Waals surface area contributed by atoms with Gasteiger partial charge in [0.1, 0.15) is 13.2 Å². The van der Waals surface area contributed by atoms with Crippen molar-refractivity contribution in [2.75, 3.05) is 47.5 Å². The van der Waals surface area contributed by atoms with Crippen LogP contribution in [-0.2, 0) is 33.3 Å². The van der Waals surface area contributed by atoms with Crippen LogP contribution in [0.15, 0.2) is 60.8 Å². The molecule has 2 atom stereocenters. The number of ether oxygens (including phenoxy) is 4. The Balaban J connectivity index is 4.02. The molecule has 9 heteroatoms.